The van der Waals surface area contributed by atoms with Crippen LogP contribution in [-0.2, 0) is 4.79 Å². The number of ketones is 1. The number of carbonyl (C=O) groups excluding carboxylic acids is 2. The minimum Gasteiger partial charge on any atom is -0.483 e. The van der Waals surface area contributed by atoms with Crippen molar-refractivity contribution in [3.8, 4) is 5.75 Å². The van der Waals surface area contributed by atoms with Gasteiger partial charge in [0.2, 0.25) is 0 Å². The van der Waals surface area contributed by atoms with Crippen molar-refractivity contribution in [1.29, 1.82) is 0 Å². The molecule has 1 aromatic heterocycles. The van der Waals surface area contributed by atoms with Gasteiger partial charge in [-0.3, -0.25) is 9.59 Å². The maximum atomic E-state index is 12.4. The van der Waals surface area contributed by atoms with Crippen molar-refractivity contribution in [3.05, 3.63) is 51.2 Å². The van der Waals surface area contributed by atoms with Crippen LogP contribution in [0.1, 0.15) is 65.5 Å². The molecule has 1 amide bonds. The average Bonchev–Trinajstić information content (AvgIpc) is 3.21. The molecule has 4 nitrogen and oxygen atoms in total. The molecule has 1 heterocycles. The molecule has 1 aromatic carbocycles. The Kier molecular flexibility index (Phi) is 5.47. The molecule has 1 aliphatic rings. The van der Waals surface area contributed by atoms with Crippen LogP contribution in [0.3, 0.4) is 0 Å². The summed E-state index contributed by atoms with van der Waals surface area (Å²) in [7, 11) is 0. The van der Waals surface area contributed by atoms with E-state index in [1.54, 1.807) is 17.4 Å². The highest BCUT2D eigenvalue weighted by atomic mass is 32.1. The number of amides is 1. The summed E-state index contributed by atoms with van der Waals surface area (Å²) in [5, 5.41) is 5.06. The molecular weight excluding hydrogens is 346 g/mol. The van der Waals surface area contributed by atoms with Crippen molar-refractivity contribution >= 4 is 23.0 Å². The van der Waals surface area contributed by atoms with Crippen molar-refractivity contribution in [2.75, 3.05) is 6.61 Å². The molecule has 1 N–H and O–H groups in total. The van der Waals surface area contributed by atoms with Crippen molar-refractivity contribution < 1.29 is 14.3 Å². The van der Waals surface area contributed by atoms with E-state index in [0.717, 1.165) is 16.0 Å². The van der Waals surface area contributed by atoms with Gasteiger partial charge in [-0.2, -0.15) is 0 Å². The minimum atomic E-state index is -0.176. The number of ether oxygens (including phenoxy) is 1. The minimum absolute atomic E-state index is 0.0310. The van der Waals surface area contributed by atoms with Crippen LogP contribution in [0.4, 0.5) is 0 Å². The van der Waals surface area contributed by atoms with Crippen LogP contribution in [0, 0.1) is 12.8 Å². The molecule has 2 aromatic rings. The van der Waals surface area contributed by atoms with E-state index >= 15 is 0 Å². The first-order valence-electron chi connectivity index (χ1n) is 9.00. The molecule has 1 aliphatic carbocycles. The first kappa shape index (κ1) is 18.6. The summed E-state index contributed by atoms with van der Waals surface area (Å²) in [5.41, 5.74) is 2.82. The fourth-order valence-corrected chi connectivity index (χ4v) is 4.57. The molecule has 0 saturated carbocycles. The Bertz CT molecular complexity index is 811. The fraction of sp³-hybridized carbons (Fsp3) is 0.429. The van der Waals surface area contributed by atoms with E-state index in [0.29, 0.717) is 17.7 Å². The summed E-state index contributed by atoms with van der Waals surface area (Å²) in [5.74, 6) is 0.935. The summed E-state index contributed by atoms with van der Waals surface area (Å²) in [4.78, 5) is 25.9. The number of aryl methyl sites for hydroxylation is 1. The van der Waals surface area contributed by atoms with Gasteiger partial charge in [-0.1, -0.05) is 32.9 Å². The van der Waals surface area contributed by atoms with Gasteiger partial charge < -0.3 is 10.1 Å². The van der Waals surface area contributed by atoms with Gasteiger partial charge in [-0.15, -0.1) is 11.3 Å². The molecule has 2 atom stereocenters. The van der Waals surface area contributed by atoms with Crippen LogP contribution in [-0.4, -0.2) is 18.3 Å². The Balaban J connectivity index is 1.70. The molecule has 0 fully saturated rings. The van der Waals surface area contributed by atoms with Gasteiger partial charge in [0.15, 0.2) is 12.4 Å². The normalized spacial score (nSPS) is 17.3. The first-order valence-corrected chi connectivity index (χ1v) is 9.88. The molecule has 0 radical (unpaired) electrons. The summed E-state index contributed by atoms with van der Waals surface area (Å²) in [6.45, 7) is 8.14. The Morgan fingerprint density at radius 2 is 2.12 bits per heavy atom. The summed E-state index contributed by atoms with van der Waals surface area (Å²) in [6.07, 6.45) is 0.510. The zero-order valence-corrected chi connectivity index (χ0v) is 16.5. The van der Waals surface area contributed by atoms with Crippen LogP contribution in [0.25, 0.3) is 0 Å². The van der Waals surface area contributed by atoms with Crippen LogP contribution in [0.2, 0.25) is 0 Å². The first-order chi connectivity index (χ1) is 12.4. The zero-order chi connectivity index (χ0) is 18.8. The fourth-order valence-electron chi connectivity index (χ4n) is 3.62. The lowest BCUT2D eigenvalue weighted by molar-refractivity contribution is -0.124. The molecule has 0 spiro atoms. The van der Waals surface area contributed by atoms with Gasteiger partial charge in [0.1, 0.15) is 5.75 Å². The lowest BCUT2D eigenvalue weighted by atomic mass is 9.97. The second-order valence-electron chi connectivity index (χ2n) is 7.29. The molecule has 0 unspecified atom stereocenters. The van der Waals surface area contributed by atoms with Gasteiger partial charge in [0, 0.05) is 11.3 Å². The maximum absolute atomic E-state index is 12.4. The molecule has 5 heteroatoms. The molecular formula is C21H25NO3S. The SMILES string of the molecule is Cc1ccc(OCC(=O)N[C@@H](c2cccs2)C(C)C)c2c1[C@H](C)CC2=O. The van der Waals surface area contributed by atoms with E-state index in [1.165, 1.54) is 0 Å². The largest absolute Gasteiger partial charge is 0.483 e. The molecule has 0 aliphatic heterocycles. The third-order valence-electron chi connectivity index (χ3n) is 4.88. The van der Waals surface area contributed by atoms with Crippen molar-refractivity contribution in [2.24, 2.45) is 5.92 Å². The number of thiophene rings is 1. The van der Waals surface area contributed by atoms with E-state index < -0.39 is 0 Å². The quantitative estimate of drug-likeness (QED) is 0.805. The van der Waals surface area contributed by atoms with Crippen molar-refractivity contribution in [2.45, 2.75) is 46.1 Å². The van der Waals surface area contributed by atoms with E-state index in [-0.39, 0.29) is 36.2 Å². The number of nitrogens with one attached hydrogen (secondary N) is 1. The number of rotatable bonds is 6. The monoisotopic (exact) mass is 371 g/mol. The predicted molar refractivity (Wildman–Crippen MR) is 104 cm³/mol. The number of fused-ring (bicyclic) bond motifs is 1. The summed E-state index contributed by atoms with van der Waals surface area (Å²) < 4.78 is 5.75. The number of Topliss-reactive ketones (excluding diaryl/α,β-unsaturated/α-hetero) is 1. The molecule has 0 bridgehead atoms. The smallest absolute Gasteiger partial charge is 0.258 e. The number of hydrogen-bond donors (Lipinski definition) is 1. The van der Waals surface area contributed by atoms with Crippen LogP contribution in [0.15, 0.2) is 29.6 Å². The topological polar surface area (TPSA) is 55.4 Å². The van der Waals surface area contributed by atoms with E-state index in [2.05, 4.69) is 26.1 Å². The van der Waals surface area contributed by atoms with Crippen molar-refractivity contribution in [1.82, 2.24) is 5.32 Å². The van der Waals surface area contributed by atoms with Crippen LogP contribution in [0.5, 0.6) is 5.75 Å². The Morgan fingerprint density at radius 1 is 1.35 bits per heavy atom. The van der Waals surface area contributed by atoms with Gasteiger partial charge in [0.25, 0.3) is 5.91 Å². The van der Waals surface area contributed by atoms with Gasteiger partial charge in [-0.25, -0.2) is 0 Å². The van der Waals surface area contributed by atoms with E-state index in [1.807, 2.05) is 30.5 Å². The lowest BCUT2D eigenvalue weighted by Gasteiger charge is -2.21. The van der Waals surface area contributed by atoms with Gasteiger partial charge in [0.05, 0.1) is 11.6 Å². The number of hydrogen-bond acceptors (Lipinski definition) is 4. The van der Waals surface area contributed by atoms with Crippen molar-refractivity contribution in [3.63, 3.8) is 0 Å². The number of carbonyl (C=O) groups is 2. The van der Waals surface area contributed by atoms with E-state index in [4.69, 9.17) is 4.74 Å². The van der Waals surface area contributed by atoms with Crippen LogP contribution >= 0.6 is 11.3 Å². The zero-order valence-electron chi connectivity index (χ0n) is 15.7. The van der Waals surface area contributed by atoms with Gasteiger partial charge in [-0.05, 0) is 47.4 Å². The Hall–Kier alpha value is -2.14. The second kappa shape index (κ2) is 7.62. The average molecular weight is 372 g/mol. The molecule has 26 heavy (non-hydrogen) atoms. The standard InChI is InChI=1S/C21H25NO3S/c1-12(2)21(17-6-5-9-26-17)22-18(24)11-25-16-8-7-13(3)19-14(4)10-15(23)20(16)19/h5-9,12,14,21H,10-11H2,1-4H3,(H,22,24)/t14-,21-/m1/s1. The lowest BCUT2D eigenvalue weighted by Crippen LogP contribution is -2.34. The Morgan fingerprint density at radius 3 is 2.77 bits per heavy atom. The summed E-state index contributed by atoms with van der Waals surface area (Å²) >= 11 is 1.63. The highest BCUT2D eigenvalue weighted by Crippen LogP contribution is 2.40. The third kappa shape index (κ3) is 3.68. The van der Waals surface area contributed by atoms with Crippen LogP contribution < -0.4 is 10.1 Å². The summed E-state index contributed by atoms with van der Waals surface area (Å²) in [6, 6.07) is 7.75. The number of benzene rings is 1. The molecule has 3 rings (SSSR count). The highest BCUT2D eigenvalue weighted by Gasteiger charge is 2.31. The van der Waals surface area contributed by atoms with Gasteiger partial charge >= 0.3 is 0 Å². The predicted octanol–water partition coefficient (Wildman–Crippen LogP) is 4.64. The third-order valence-corrected chi connectivity index (χ3v) is 5.84. The van der Waals surface area contributed by atoms with E-state index in [9.17, 15) is 9.59 Å². The highest BCUT2D eigenvalue weighted by molar-refractivity contribution is 7.10. The second-order valence-corrected chi connectivity index (χ2v) is 8.27. The molecule has 0 saturated heterocycles. The molecule has 138 valence electrons. The maximum Gasteiger partial charge on any atom is 0.258 e. The Labute approximate surface area is 158 Å².